The summed E-state index contributed by atoms with van der Waals surface area (Å²) >= 11 is 2.00. The van der Waals surface area contributed by atoms with Crippen LogP contribution in [0.25, 0.3) is 6.08 Å². The van der Waals surface area contributed by atoms with Crippen molar-refractivity contribution < 1.29 is 28.7 Å². The lowest BCUT2D eigenvalue weighted by Gasteiger charge is -2.16. The van der Waals surface area contributed by atoms with Crippen LogP contribution >= 0.6 is 22.6 Å². The summed E-state index contributed by atoms with van der Waals surface area (Å²) in [5.41, 5.74) is 1.94. The Morgan fingerprint density at radius 1 is 1.13 bits per heavy atom. The van der Waals surface area contributed by atoms with E-state index in [9.17, 15) is 19.2 Å². The number of urea groups is 1. The standard InChI is InChI=1S/C21H18IN3O6/c1-11-4-3-5-13(6-11)23-17(26)10-31-18-15(22)8-12(9-16(18)30-2)7-14-19(27)24-21(29)25-20(14)28/h3-9H,10H2,1-2H3,(H,23,26)(H2,24,25,27,28,29). The maximum atomic E-state index is 12.2. The average molecular weight is 535 g/mol. The van der Waals surface area contributed by atoms with E-state index >= 15 is 0 Å². The summed E-state index contributed by atoms with van der Waals surface area (Å²) in [4.78, 5) is 47.2. The van der Waals surface area contributed by atoms with E-state index in [-0.39, 0.29) is 18.1 Å². The maximum Gasteiger partial charge on any atom is 0.328 e. The molecule has 1 saturated heterocycles. The molecule has 0 aromatic heterocycles. The number of hydrogen-bond acceptors (Lipinski definition) is 6. The molecule has 31 heavy (non-hydrogen) atoms. The van der Waals surface area contributed by atoms with Crippen LogP contribution in [0, 0.1) is 10.5 Å². The zero-order valence-electron chi connectivity index (χ0n) is 16.6. The normalized spacial score (nSPS) is 13.3. The Hall–Kier alpha value is -3.41. The highest BCUT2D eigenvalue weighted by molar-refractivity contribution is 14.1. The summed E-state index contributed by atoms with van der Waals surface area (Å²) in [5, 5.41) is 6.78. The van der Waals surface area contributed by atoms with Crippen LogP contribution < -0.4 is 25.4 Å². The van der Waals surface area contributed by atoms with Crippen LogP contribution in [-0.4, -0.2) is 37.5 Å². The fraction of sp³-hybridized carbons (Fsp3) is 0.143. The van der Waals surface area contributed by atoms with Crippen LogP contribution in [0.4, 0.5) is 10.5 Å². The lowest BCUT2D eigenvalue weighted by Crippen LogP contribution is -2.51. The lowest BCUT2D eigenvalue weighted by atomic mass is 10.1. The number of aryl methyl sites for hydroxylation is 1. The molecule has 3 rings (SSSR count). The van der Waals surface area contributed by atoms with E-state index in [2.05, 4.69) is 5.32 Å². The van der Waals surface area contributed by atoms with E-state index in [0.717, 1.165) is 5.56 Å². The molecule has 0 saturated carbocycles. The van der Waals surface area contributed by atoms with Gasteiger partial charge in [0.25, 0.3) is 17.7 Å². The van der Waals surface area contributed by atoms with E-state index < -0.39 is 17.8 Å². The monoisotopic (exact) mass is 535 g/mol. The Kier molecular flexibility index (Phi) is 6.90. The Morgan fingerprint density at radius 3 is 2.48 bits per heavy atom. The summed E-state index contributed by atoms with van der Waals surface area (Å²) in [6, 6.07) is 9.73. The highest BCUT2D eigenvalue weighted by Gasteiger charge is 2.28. The van der Waals surface area contributed by atoms with Gasteiger partial charge in [0, 0.05) is 5.69 Å². The fourth-order valence-electron chi connectivity index (χ4n) is 2.79. The van der Waals surface area contributed by atoms with Gasteiger partial charge in [0.2, 0.25) is 0 Å². The number of barbiturate groups is 1. The SMILES string of the molecule is COc1cc(C=C2C(=O)NC(=O)NC2=O)cc(I)c1OCC(=O)Nc1cccc(C)c1. The Morgan fingerprint density at radius 2 is 1.84 bits per heavy atom. The van der Waals surface area contributed by atoms with Gasteiger partial charge in [0.05, 0.1) is 10.7 Å². The highest BCUT2D eigenvalue weighted by Crippen LogP contribution is 2.34. The minimum Gasteiger partial charge on any atom is -0.493 e. The molecule has 2 aromatic carbocycles. The van der Waals surface area contributed by atoms with Gasteiger partial charge in [-0.1, -0.05) is 12.1 Å². The number of methoxy groups -OCH3 is 1. The first-order valence-electron chi connectivity index (χ1n) is 9.02. The molecule has 0 bridgehead atoms. The Balaban J connectivity index is 1.76. The molecule has 160 valence electrons. The lowest BCUT2D eigenvalue weighted by molar-refractivity contribution is -0.124. The van der Waals surface area contributed by atoms with Gasteiger partial charge in [0.1, 0.15) is 5.57 Å². The molecule has 1 aliphatic heterocycles. The zero-order valence-corrected chi connectivity index (χ0v) is 18.7. The van der Waals surface area contributed by atoms with Gasteiger partial charge in [-0.25, -0.2) is 4.79 Å². The smallest absolute Gasteiger partial charge is 0.328 e. The predicted molar refractivity (Wildman–Crippen MR) is 121 cm³/mol. The minimum atomic E-state index is -0.869. The minimum absolute atomic E-state index is 0.219. The molecule has 0 spiro atoms. The summed E-state index contributed by atoms with van der Waals surface area (Å²) in [6.07, 6.45) is 1.33. The molecule has 0 unspecified atom stereocenters. The first-order chi connectivity index (χ1) is 14.8. The predicted octanol–water partition coefficient (Wildman–Crippen LogP) is 2.38. The van der Waals surface area contributed by atoms with E-state index in [1.807, 2.05) is 58.3 Å². The first-order valence-corrected chi connectivity index (χ1v) is 10.1. The van der Waals surface area contributed by atoms with Crippen molar-refractivity contribution in [3.8, 4) is 11.5 Å². The maximum absolute atomic E-state index is 12.2. The quantitative estimate of drug-likeness (QED) is 0.297. The van der Waals surface area contributed by atoms with Crippen LogP contribution in [0.15, 0.2) is 42.0 Å². The highest BCUT2D eigenvalue weighted by atomic mass is 127. The Bertz CT molecular complexity index is 1090. The van der Waals surface area contributed by atoms with Gasteiger partial charge in [-0.15, -0.1) is 0 Å². The number of carbonyl (C=O) groups excluding carboxylic acids is 4. The third-order valence-electron chi connectivity index (χ3n) is 4.16. The molecular weight excluding hydrogens is 517 g/mol. The third kappa shape index (κ3) is 5.60. The van der Waals surface area contributed by atoms with Crippen LogP contribution in [0.5, 0.6) is 11.5 Å². The number of amides is 5. The first kappa shape index (κ1) is 22.3. The van der Waals surface area contributed by atoms with Crippen LogP contribution in [0.1, 0.15) is 11.1 Å². The number of imide groups is 2. The van der Waals surface area contributed by atoms with Gasteiger partial charge in [-0.3, -0.25) is 25.0 Å². The molecule has 10 heteroatoms. The number of rotatable bonds is 6. The van der Waals surface area contributed by atoms with Crippen molar-refractivity contribution in [3.63, 3.8) is 0 Å². The van der Waals surface area contributed by atoms with Gasteiger partial charge >= 0.3 is 6.03 Å². The summed E-state index contributed by atoms with van der Waals surface area (Å²) in [5.74, 6) is -1.27. The van der Waals surface area contributed by atoms with E-state index in [1.165, 1.54) is 13.2 Å². The largest absolute Gasteiger partial charge is 0.493 e. The molecule has 0 atom stereocenters. The molecular formula is C21H18IN3O6. The van der Waals surface area contributed by atoms with Gasteiger partial charge in [0.15, 0.2) is 18.1 Å². The number of carbonyl (C=O) groups is 4. The van der Waals surface area contributed by atoms with Crippen LogP contribution in [-0.2, 0) is 14.4 Å². The zero-order chi connectivity index (χ0) is 22.5. The molecule has 1 aliphatic rings. The van der Waals surface area contributed by atoms with Crippen LogP contribution in [0.3, 0.4) is 0 Å². The average Bonchev–Trinajstić information content (AvgIpc) is 2.69. The van der Waals surface area contributed by atoms with E-state index in [1.54, 1.807) is 18.2 Å². The topological polar surface area (TPSA) is 123 Å². The van der Waals surface area contributed by atoms with Crippen LogP contribution in [0.2, 0.25) is 0 Å². The third-order valence-corrected chi connectivity index (χ3v) is 4.96. The van der Waals surface area contributed by atoms with Crippen molar-refractivity contribution in [2.24, 2.45) is 0 Å². The summed E-state index contributed by atoms with van der Waals surface area (Å²) in [7, 11) is 1.43. The number of benzene rings is 2. The number of nitrogens with one attached hydrogen (secondary N) is 3. The van der Waals surface area contributed by atoms with Gasteiger partial charge in [-0.2, -0.15) is 0 Å². The molecule has 1 fully saturated rings. The second kappa shape index (κ2) is 9.60. The Labute approximate surface area is 191 Å². The molecule has 5 amide bonds. The van der Waals surface area contributed by atoms with Gasteiger partial charge in [-0.05, 0) is 71.0 Å². The second-order valence-electron chi connectivity index (χ2n) is 6.54. The number of halogens is 1. The van der Waals surface area contributed by atoms with Crippen molar-refractivity contribution in [3.05, 3.63) is 56.7 Å². The van der Waals surface area contributed by atoms with Crippen molar-refractivity contribution in [2.75, 3.05) is 19.0 Å². The van der Waals surface area contributed by atoms with Crippen molar-refractivity contribution in [1.82, 2.24) is 10.6 Å². The van der Waals surface area contributed by atoms with Gasteiger partial charge < -0.3 is 14.8 Å². The van der Waals surface area contributed by atoms with E-state index in [0.29, 0.717) is 26.3 Å². The fourth-order valence-corrected chi connectivity index (χ4v) is 3.57. The molecule has 0 aliphatic carbocycles. The molecule has 0 radical (unpaired) electrons. The van der Waals surface area contributed by atoms with Crippen molar-refractivity contribution in [1.29, 1.82) is 0 Å². The van der Waals surface area contributed by atoms with E-state index in [4.69, 9.17) is 9.47 Å². The summed E-state index contributed by atoms with van der Waals surface area (Å²) in [6.45, 7) is 1.68. The molecule has 9 nitrogen and oxygen atoms in total. The molecule has 2 aromatic rings. The van der Waals surface area contributed by atoms with Crippen molar-refractivity contribution >= 4 is 58.1 Å². The number of hydrogen-bond donors (Lipinski definition) is 3. The second-order valence-corrected chi connectivity index (χ2v) is 7.70. The number of ether oxygens (including phenoxy) is 2. The molecule has 3 N–H and O–H groups in total. The number of anilines is 1. The summed E-state index contributed by atoms with van der Waals surface area (Å²) < 4.78 is 11.6. The molecule has 1 heterocycles. The van der Waals surface area contributed by atoms with Crippen molar-refractivity contribution in [2.45, 2.75) is 6.92 Å².